The molecule has 2 rings (SSSR count). The smallest absolute Gasteiger partial charge is 0.228 e. The summed E-state index contributed by atoms with van der Waals surface area (Å²) in [6.45, 7) is 1.00. The Kier molecular flexibility index (Phi) is 5.91. The van der Waals surface area contributed by atoms with Crippen LogP contribution in [0.25, 0.3) is 0 Å². The number of carbonyl (C=O) groups is 1. The number of benzene rings is 2. The summed E-state index contributed by atoms with van der Waals surface area (Å²) < 4.78 is 23.1. The van der Waals surface area contributed by atoms with Crippen LogP contribution >= 0.6 is 0 Å². The molecule has 0 aliphatic rings. The third-order valence-electron chi connectivity index (χ3n) is 2.97. The first-order chi connectivity index (χ1) is 10.7. The molecule has 0 radical (unpaired) electrons. The molecule has 0 aromatic heterocycles. The zero-order valence-electron chi connectivity index (χ0n) is 12.3. The number of rotatable bonds is 7. The Labute approximate surface area is 128 Å². The van der Waals surface area contributed by atoms with E-state index in [-0.39, 0.29) is 18.1 Å². The van der Waals surface area contributed by atoms with Crippen molar-refractivity contribution in [2.24, 2.45) is 0 Å². The van der Waals surface area contributed by atoms with E-state index in [1.807, 2.05) is 0 Å². The van der Waals surface area contributed by atoms with E-state index >= 15 is 0 Å². The lowest BCUT2D eigenvalue weighted by atomic mass is 10.1. The molecule has 0 unspecified atom stereocenters. The molecule has 0 fully saturated rings. The normalized spacial score (nSPS) is 10.3. The molecule has 2 aromatic rings. The van der Waals surface area contributed by atoms with Crippen molar-refractivity contribution in [3.8, 4) is 5.75 Å². The number of nitrogens with one attached hydrogen (secondary N) is 1. The van der Waals surface area contributed by atoms with Crippen LogP contribution in [0.5, 0.6) is 5.75 Å². The molecule has 1 N–H and O–H groups in total. The van der Waals surface area contributed by atoms with E-state index in [1.54, 1.807) is 43.5 Å². The van der Waals surface area contributed by atoms with Crippen molar-refractivity contribution in [2.45, 2.75) is 6.42 Å². The van der Waals surface area contributed by atoms with Crippen LogP contribution in [0.15, 0.2) is 48.5 Å². The van der Waals surface area contributed by atoms with Crippen LogP contribution in [-0.4, -0.2) is 26.2 Å². The average Bonchev–Trinajstić information content (AvgIpc) is 2.51. The first-order valence-corrected chi connectivity index (χ1v) is 6.93. The van der Waals surface area contributed by atoms with E-state index in [0.717, 1.165) is 5.56 Å². The predicted molar refractivity (Wildman–Crippen MR) is 82.5 cm³/mol. The first-order valence-electron chi connectivity index (χ1n) is 6.93. The second-order valence-corrected chi connectivity index (χ2v) is 4.72. The van der Waals surface area contributed by atoms with Gasteiger partial charge < -0.3 is 14.8 Å². The number of anilines is 1. The molecule has 2 aromatic carbocycles. The Morgan fingerprint density at radius 3 is 2.36 bits per heavy atom. The molecule has 0 atom stereocenters. The van der Waals surface area contributed by atoms with Crippen molar-refractivity contribution in [1.29, 1.82) is 0 Å². The first kappa shape index (κ1) is 16.0. The summed E-state index contributed by atoms with van der Waals surface area (Å²) in [5, 5.41) is 2.79. The number of amides is 1. The Morgan fingerprint density at radius 2 is 1.73 bits per heavy atom. The summed E-state index contributed by atoms with van der Waals surface area (Å²) in [7, 11) is 1.61. The summed E-state index contributed by atoms with van der Waals surface area (Å²) in [6, 6.07) is 13.0. The molecule has 116 valence electrons. The molecule has 1 amide bonds. The van der Waals surface area contributed by atoms with Gasteiger partial charge in [0, 0.05) is 12.8 Å². The standard InChI is InChI=1S/C17H18FNO3/c1-21-10-11-22-16-8-6-15(7-9-16)19-17(20)12-13-2-4-14(18)5-3-13/h2-9H,10-12H2,1H3,(H,19,20). The van der Waals surface area contributed by atoms with Gasteiger partial charge in [-0.3, -0.25) is 4.79 Å². The number of hydrogen-bond donors (Lipinski definition) is 1. The summed E-state index contributed by atoms with van der Waals surface area (Å²) in [5.41, 5.74) is 1.45. The van der Waals surface area contributed by atoms with Crippen molar-refractivity contribution in [2.75, 3.05) is 25.6 Å². The second-order valence-electron chi connectivity index (χ2n) is 4.72. The predicted octanol–water partition coefficient (Wildman–Crippen LogP) is 3.03. The lowest BCUT2D eigenvalue weighted by molar-refractivity contribution is -0.115. The van der Waals surface area contributed by atoms with E-state index in [0.29, 0.717) is 24.7 Å². The van der Waals surface area contributed by atoms with E-state index in [1.165, 1.54) is 12.1 Å². The van der Waals surface area contributed by atoms with Crippen molar-refractivity contribution >= 4 is 11.6 Å². The van der Waals surface area contributed by atoms with Gasteiger partial charge in [0.15, 0.2) is 0 Å². The fourth-order valence-electron chi connectivity index (χ4n) is 1.87. The molecule has 0 heterocycles. The molecular formula is C17H18FNO3. The van der Waals surface area contributed by atoms with Gasteiger partial charge in [0.05, 0.1) is 13.0 Å². The molecule has 5 heteroatoms. The zero-order valence-corrected chi connectivity index (χ0v) is 12.3. The van der Waals surface area contributed by atoms with Gasteiger partial charge in [0.1, 0.15) is 18.2 Å². The van der Waals surface area contributed by atoms with Crippen molar-refractivity contribution in [3.63, 3.8) is 0 Å². The third kappa shape index (κ3) is 5.18. The second kappa shape index (κ2) is 8.14. The number of carbonyl (C=O) groups excluding carboxylic acids is 1. The van der Waals surface area contributed by atoms with E-state index < -0.39 is 0 Å². The van der Waals surface area contributed by atoms with Crippen LogP contribution in [0.1, 0.15) is 5.56 Å². The van der Waals surface area contributed by atoms with Gasteiger partial charge in [-0.15, -0.1) is 0 Å². The van der Waals surface area contributed by atoms with E-state index in [4.69, 9.17) is 9.47 Å². The minimum absolute atomic E-state index is 0.153. The molecule has 0 spiro atoms. The van der Waals surface area contributed by atoms with Crippen LogP contribution in [-0.2, 0) is 16.0 Å². The summed E-state index contributed by atoms with van der Waals surface area (Å²) in [6.07, 6.45) is 0.201. The summed E-state index contributed by atoms with van der Waals surface area (Å²) >= 11 is 0. The van der Waals surface area contributed by atoms with Crippen molar-refractivity contribution in [1.82, 2.24) is 0 Å². The topological polar surface area (TPSA) is 47.6 Å². The van der Waals surface area contributed by atoms with Gasteiger partial charge >= 0.3 is 0 Å². The van der Waals surface area contributed by atoms with Gasteiger partial charge in [-0.25, -0.2) is 4.39 Å². The number of ether oxygens (including phenoxy) is 2. The molecule has 4 nitrogen and oxygen atoms in total. The third-order valence-corrected chi connectivity index (χ3v) is 2.97. The lowest BCUT2D eigenvalue weighted by Crippen LogP contribution is -2.14. The maximum absolute atomic E-state index is 12.8. The van der Waals surface area contributed by atoms with Gasteiger partial charge in [0.2, 0.25) is 5.91 Å². The van der Waals surface area contributed by atoms with Crippen LogP contribution < -0.4 is 10.1 Å². The maximum Gasteiger partial charge on any atom is 0.228 e. The van der Waals surface area contributed by atoms with Crippen LogP contribution in [0, 0.1) is 5.82 Å². The Bertz CT molecular complexity index is 596. The number of halogens is 1. The minimum Gasteiger partial charge on any atom is -0.491 e. The molecule has 0 saturated carbocycles. The van der Waals surface area contributed by atoms with E-state index in [2.05, 4.69) is 5.32 Å². The highest BCUT2D eigenvalue weighted by atomic mass is 19.1. The molecular weight excluding hydrogens is 285 g/mol. The van der Waals surface area contributed by atoms with Crippen molar-refractivity contribution < 1.29 is 18.7 Å². The average molecular weight is 303 g/mol. The lowest BCUT2D eigenvalue weighted by Gasteiger charge is -2.08. The van der Waals surface area contributed by atoms with Gasteiger partial charge in [-0.1, -0.05) is 12.1 Å². The minimum atomic E-state index is -0.312. The quantitative estimate of drug-likeness (QED) is 0.800. The Hall–Kier alpha value is -2.40. The maximum atomic E-state index is 12.8. The molecule has 0 aliphatic heterocycles. The Morgan fingerprint density at radius 1 is 1.05 bits per heavy atom. The number of methoxy groups -OCH3 is 1. The van der Waals surface area contributed by atoms with Crippen LogP contribution in [0.3, 0.4) is 0 Å². The highest BCUT2D eigenvalue weighted by molar-refractivity contribution is 5.92. The SMILES string of the molecule is COCCOc1ccc(NC(=O)Cc2ccc(F)cc2)cc1. The van der Waals surface area contributed by atoms with Crippen molar-refractivity contribution in [3.05, 3.63) is 59.9 Å². The molecule has 0 aliphatic carbocycles. The fourth-order valence-corrected chi connectivity index (χ4v) is 1.87. The van der Waals surface area contributed by atoms with E-state index in [9.17, 15) is 9.18 Å². The largest absolute Gasteiger partial charge is 0.491 e. The van der Waals surface area contributed by atoms with Crippen LogP contribution in [0.4, 0.5) is 10.1 Å². The zero-order chi connectivity index (χ0) is 15.8. The highest BCUT2D eigenvalue weighted by Gasteiger charge is 2.04. The van der Waals surface area contributed by atoms with Gasteiger partial charge in [-0.2, -0.15) is 0 Å². The summed E-state index contributed by atoms with van der Waals surface area (Å²) in [5.74, 6) is 0.251. The summed E-state index contributed by atoms with van der Waals surface area (Å²) in [4.78, 5) is 11.9. The molecule has 0 saturated heterocycles. The van der Waals surface area contributed by atoms with Gasteiger partial charge in [-0.05, 0) is 42.0 Å². The highest BCUT2D eigenvalue weighted by Crippen LogP contribution is 2.16. The fraction of sp³-hybridized carbons (Fsp3) is 0.235. The molecule has 22 heavy (non-hydrogen) atoms. The molecule has 0 bridgehead atoms. The Balaban J connectivity index is 1.84. The monoisotopic (exact) mass is 303 g/mol. The van der Waals surface area contributed by atoms with Gasteiger partial charge in [0.25, 0.3) is 0 Å². The number of hydrogen-bond acceptors (Lipinski definition) is 3. The van der Waals surface area contributed by atoms with Crippen LogP contribution in [0.2, 0.25) is 0 Å².